The van der Waals surface area contributed by atoms with Gasteiger partial charge in [0.15, 0.2) is 0 Å². The molecule has 1 aromatic heterocycles. The highest BCUT2D eigenvalue weighted by molar-refractivity contribution is 6.06. The number of amides is 1. The Hall–Kier alpha value is -1.85. The Bertz CT molecular complexity index is 617. The number of rotatable bonds is 6. The Kier molecular flexibility index (Phi) is 3.71. The molecule has 106 valence electrons. The predicted molar refractivity (Wildman–Crippen MR) is 74.9 cm³/mol. The van der Waals surface area contributed by atoms with Crippen LogP contribution in [-0.2, 0) is 11.3 Å². The van der Waals surface area contributed by atoms with Crippen molar-refractivity contribution in [2.75, 3.05) is 6.61 Å². The molecule has 1 amide bonds. The van der Waals surface area contributed by atoms with Crippen LogP contribution in [0.3, 0.4) is 0 Å². The molecule has 3 N–H and O–H groups in total. The lowest BCUT2D eigenvalue weighted by Crippen LogP contribution is -2.30. The van der Waals surface area contributed by atoms with Crippen molar-refractivity contribution in [3.63, 3.8) is 0 Å². The van der Waals surface area contributed by atoms with Crippen molar-refractivity contribution >= 4 is 16.9 Å². The van der Waals surface area contributed by atoms with E-state index < -0.39 is 0 Å². The summed E-state index contributed by atoms with van der Waals surface area (Å²) in [5.74, 6) is 6.26. The molecule has 1 aliphatic rings. The molecule has 3 rings (SSSR count). The first-order valence-corrected chi connectivity index (χ1v) is 6.88. The van der Waals surface area contributed by atoms with Crippen LogP contribution in [0, 0.1) is 5.92 Å². The molecule has 20 heavy (non-hydrogen) atoms. The maximum absolute atomic E-state index is 11.9. The summed E-state index contributed by atoms with van der Waals surface area (Å²) < 4.78 is 11.3. The smallest absolute Gasteiger partial charge is 0.269 e. The summed E-state index contributed by atoms with van der Waals surface area (Å²) in [4.78, 5) is 11.9. The Morgan fingerprint density at radius 1 is 1.40 bits per heavy atom. The number of hydrogen-bond donors (Lipinski definition) is 2. The first-order valence-electron chi connectivity index (χ1n) is 6.88. The number of ether oxygens (including phenoxy) is 1. The normalized spacial score (nSPS) is 14.7. The van der Waals surface area contributed by atoms with Gasteiger partial charge < -0.3 is 9.15 Å². The van der Waals surface area contributed by atoms with Crippen molar-refractivity contribution in [2.24, 2.45) is 11.8 Å². The summed E-state index contributed by atoms with van der Waals surface area (Å²) in [5.41, 5.74) is 3.30. The maximum Gasteiger partial charge on any atom is 0.269 e. The lowest BCUT2D eigenvalue weighted by Gasteiger charge is -2.03. The van der Waals surface area contributed by atoms with Crippen LogP contribution in [0.25, 0.3) is 11.0 Å². The number of para-hydroxylation sites is 1. The monoisotopic (exact) mass is 274 g/mol. The van der Waals surface area contributed by atoms with E-state index in [0.29, 0.717) is 30.1 Å². The summed E-state index contributed by atoms with van der Waals surface area (Å²) in [5, 5.41) is 0.760. The SMILES string of the molecule is NNC(=O)c1c(COCCC2CC2)oc2ccccc12. The molecular weight excluding hydrogens is 256 g/mol. The van der Waals surface area contributed by atoms with Crippen LogP contribution in [0.2, 0.25) is 0 Å². The van der Waals surface area contributed by atoms with Crippen molar-refractivity contribution in [3.05, 3.63) is 35.6 Å². The number of fused-ring (bicyclic) bond motifs is 1. The second-order valence-corrected chi connectivity index (χ2v) is 5.15. The highest BCUT2D eigenvalue weighted by Crippen LogP contribution is 2.32. The van der Waals surface area contributed by atoms with E-state index in [1.54, 1.807) is 0 Å². The minimum Gasteiger partial charge on any atom is -0.458 e. The van der Waals surface area contributed by atoms with Crippen LogP contribution in [0.15, 0.2) is 28.7 Å². The van der Waals surface area contributed by atoms with Crippen molar-refractivity contribution in [2.45, 2.75) is 25.9 Å². The van der Waals surface area contributed by atoms with Crippen molar-refractivity contribution in [3.8, 4) is 0 Å². The van der Waals surface area contributed by atoms with E-state index in [4.69, 9.17) is 15.0 Å². The van der Waals surface area contributed by atoms with Crippen LogP contribution >= 0.6 is 0 Å². The summed E-state index contributed by atoms with van der Waals surface area (Å²) in [6, 6.07) is 7.41. The summed E-state index contributed by atoms with van der Waals surface area (Å²) in [6.45, 7) is 0.996. The minimum atomic E-state index is -0.351. The molecule has 0 spiro atoms. The first kappa shape index (κ1) is 13.1. The molecule has 0 saturated heterocycles. The van der Waals surface area contributed by atoms with Gasteiger partial charge in [0.25, 0.3) is 5.91 Å². The minimum absolute atomic E-state index is 0.296. The largest absolute Gasteiger partial charge is 0.458 e. The Balaban J connectivity index is 1.78. The lowest BCUT2D eigenvalue weighted by atomic mass is 10.1. The summed E-state index contributed by atoms with van der Waals surface area (Å²) in [6.07, 6.45) is 3.71. The van der Waals surface area contributed by atoms with Gasteiger partial charge in [-0.3, -0.25) is 10.2 Å². The molecule has 0 bridgehead atoms. The Morgan fingerprint density at radius 3 is 2.95 bits per heavy atom. The van der Waals surface area contributed by atoms with Crippen LogP contribution in [0.4, 0.5) is 0 Å². The summed E-state index contributed by atoms with van der Waals surface area (Å²) in [7, 11) is 0. The van der Waals surface area contributed by atoms with Crippen molar-refractivity contribution in [1.82, 2.24) is 5.43 Å². The zero-order chi connectivity index (χ0) is 13.9. The molecule has 1 saturated carbocycles. The second kappa shape index (κ2) is 5.64. The van der Waals surface area contributed by atoms with E-state index in [-0.39, 0.29) is 5.91 Å². The Labute approximate surface area is 117 Å². The van der Waals surface area contributed by atoms with Gasteiger partial charge in [0.1, 0.15) is 18.0 Å². The predicted octanol–water partition coefficient (Wildman–Crippen LogP) is 2.35. The second-order valence-electron chi connectivity index (χ2n) is 5.15. The zero-order valence-electron chi connectivity index (χ0n) is 11.2. The van der Waals surface area contributed by atoms with Crippen LogP contribution < -0.4 is 11.3 Å². The Morgan fingerprint density at radius 2 is 2.20 bits per heavy atom. The average molecular weight is 274 g/mol. The zero-order valence-corrected chi connectivity index (χ0v) is 11.2. The highest BCUT2D eigenvalue weighted by Gasteiger charge is 2.22. The molecule has 1 aliphatic carbocycles. The first-order chi connectivity index (χ1) is 9.79. The fraction of sp³-hybridized carbons (Fsp3) is 0.400. The van der Waals surface area contributed by atoms with Gasteiger partial charge in [0, 0.05) is 12.0 Å². The van der Waals surface area contributed by atoms with Gasteiger partial charge in [0.05, 0.1) is 5.56 Å². The molecule has 2 aromatic rings. The molecule has 0 radical (unpaired) electrons. The fourth-order valence-electron chi connectivity index (χ4n) is 2.34. The van der Waals surface area contributed by atoms with Crippen LogP contribution in [-0.4, -0.2) is 12.5 Å². The molecule has 0 aliphatic heterocycles. The van der Waals surface area contributed by atoms with Crippen LogP contribution in [0.5, 0.6) is 0 Å². The van der Waals surface area contributed by atoms with E-state index in [1.165, 1.54) is 12.8 Å². The van der Waals surface area contributed by atoms with Gasteiger partial charge in [-0.05, 0) is 18.4 Å². The van der Waals surface area contributed by atoms with Gasteiger partial charge in [0.2, 0.25) is 0 Å². The molecule has 0 unspecified atom stereocenters. The van der Waals surface area contributed by atoms with E-state index in [9.17, 15) is 4.79 Å². The van der Waals surface area contributed by atoms with E-state index in [0.717, 1.165) is 17.7 Å². The number of furan rings is 1. The molecular formula is C15H18N2O3. The van der Waals surface area contributed by atoms with Crippen molar-refractivity contribution < 1.29 is 13.9 Å². The van der Waals surface area contributed by atoms with E-state index >= 15 is 0 Å². The average Bonchev–Trinajstić information content (AvgIpc) is 3.22. The third kappa shape index (κ3) is 2.69. The van der Waals surface area contributed by atoms with E-state index in [2.05, 4.69) is 5.43 Å². The molecule has 1 heterocycles. The topological polar surface area (TPSA) is 77.5 Å². The molecule has 0 atom stereocenters. The number of hydrogen-bond acceptors (Lipinski definition) is 4. The maximum atomic E-state index is 11.9. The third-order valence-corrected chi connectivity index (χ3v) is 3.63. The van der Waals surface area contributed by atoms with Gasteiger partial charge in [-0.25, -0.2) is 5.84 Å². The number of nitrogens with two attached hydrogens (primary N) is 1. The quantitative estimate of drug-likeness (QED) is 0.367. The van der Waals surface area contributed by atoms with Crippen molar-refractivity contribution in [1.29, 1.82) is 0 Å². The third-order valence-electron chi connectivity index (χ3n) is 3.63. The molecule has 1 aromatic carbocycles. The lowest BCUT2D eigenvalue weighted by molar-refractivity contribution is 0.0910. The summed E-state index contributed by atoms with van der Waals surface area (Å²) >= 11 is 0. The molecule has 5 nitrogen and oxygen atoms in total. The number of nitrogens with one attached hydrogen (secondary N) is 1. The van der Waals surface area contributed by atoms with Crippen LogP contribution in [0.1, 0.15) is 35.4 Å². The van der Waals surface area contributed by atoms with Gasteiger partial charge in [-0.2, -0.15) is 0 Å². The standard InChI is InChI=1S/C15H18N2O3/c16-17-15(18)14-11-3-1-2-4-12(11)20-13(14)9-19-8-7-10-5-6-10/h1-4,10H,5-9,16H2,(H,17,18). The highest BCUT2D eigenvalue weighted by atomic mass is 16.5. The van der Waals surface area contributed by atoms with E-state index in [1.807, 2.05) is 24.3 Å². The number of carbonyl (C=O) groups excluding carboxylic acids is 1. The number of benzene rings is 1. The number of hydrazine groups is 1. The fourth-order valence-corrected chi connectivity index (χ4v) is 2.34. The molecule has 1 fully saturated rings. The van der Waals surface area contributed by atoms with Gasteiger partial charge >= 0.3 is 0 Å². The van der Waals surface area contributed by atoms with Gasteiger partial charge in [-0.15, -0.1) is 0 Å². The number of carbonyl (C=O) groups is 1. The molecule has 5 heteroatoms. The number of nitrogen functional groups attached to an aromatic ring is 1. The van der Waals surface area contributed by atoms with Gasteiger partial charge in [-0.1, -0.05) is 31.0 Å².